The number of ketones is 2. The molecule has 246 valence electrons. The summed E-state index contributed by atoms with van der Waals surface area (Å²) in [5, 5.41) is 14.7. The Morgan fingerprint density at radius 3 is 2.81 bits per heavy atom. The number of phenolic OH excluding ortho intramolecular Hbond substituents is 1. The molecule has 7 atom stereocenters. The van der Waals surface area contributed by atoms with E-state index in [1.54, 1.807) is 18.2 Å². The Bertz CT molecular complexity index is 1700. The standard InChI is InChI=1S/C37H42N4O4S2/c1-3-22-6-10-27(42)17-28(43)11-7-23-16-33(45-2)32(44)18-30(23)29-12-13-34(22)46-47-35(31-15-24(29)19-40-36(31)38)37-14-4-5-25(37)8-9-26-20-39-21-41(26)37/h7-9,11-13,15-16,18-20,22,25,29,34-35,39,44H,3-6,10,14,17,21H2,1-2H3,(H2,38,40)/p+1. The Labute approximate surface area is 284 Å². The minimum Gasteiger partial charge on any atom is -0.504 e. The maximum atomic E-state index is 13.0. The summed E-state index contributed by atoms with van der Waals surface area (Å²) in [6.45, 7) is 3.04. The van der Waals surface area contributed by atoms with E-state index >= 15 is 0 Å². The number of fused-ring (bicyclic) bond motifs is 10. The lowest BCUT2D eigenvalue weighted by molar-refractivity contribution is -0.915. The van der Waals surface area contributed by atoms with Crippen LogP contribution in [0.5, 0.6) is 11.5 Å². The van der Waals surface area contributed by atoms with Crippen molar-refractivity contribution in [2.24, 2.45) is 11.8 Å². The summed E-state index contributed by atoms with van der Waals surface area (Å²) in [6, 6.07) is 5.73. The van der Waals surface area contributed by atoms with E-state index in [4.69, 9.17) is 15.5 Å². The summed E-state index contributed by atoms with van der Waals surface area (Å²) >= 11 is 0. The molecule has 2 aromatic rings. The molecule has 7 unspecified atom stereocenters. The van der Waals surface area contributed by atoms with Gasteiger partial charge in [-0.15, -0.1) is 0 Å². The molecule has 5 N–H and O–H groups in total. The van der Waals surface area contributed by atoms with Gasteiger partial charge in [0.15, 0.2) is 24.0 Å². The average molecular weight is 672 g/mol. The van der Waals surface area contributed by atoms with Crippen molar-refractivity contribution in [3.05, 3.63) is 88.9 Å². The summed E-state index contributed by atoms with van der Waals surface area (Å²) in [7, 11) is 5.32. The number of anilines is 1. The highest BCUT2D eigenvalue weighted by atomic mass is 33.1. The van der Waals surface area contributed by atoms with Gasteiger partial charge in [0.1, 0.15) is 22.8 Å². The highest BCUT2D eigenvalue weighted by molar-refractivity contribution is 8.77. The normalized spacial score (nSPS) is 31.7. The molecule has 4 bridgehead atoms. The van der Waals surface area contributed by atoms with Crippen LogP contribution in [0.2, 0.25) is 0 Å². The second-order valence-electron chi connectivity index (χ2n) is 13.4. The summed E-state index contributed by atoms with van der Waals surface area (Å²) in [5.41, 5.74) is 11.6. The summed E-state index contributed by atoms with van der Waals surface area (Å²) in [5.74, 6) is 0.996. The van der Waals surface area contributed by atoms with Crippen LogP contribution in [0.1, 0.15) is 85.3 Å². The predicted octanol–water partition coefficient (Wildman–Crippen LogP) is 5.63. The van der Waals surface area contributed by atoms with Crippen molar-refractivity contribution in [3.63, 3.8) is 0 Å². The van der Waals surface area contributed by atoms with E-state index in [9.17, 15) is 14.7 Å². The van der Waals surface area contributed by atoms with Gasteiger partial charge in [0.25, 0.3) is 0 Å². The van der Waals surface area contributed by atoms with Crippen molar-refractivity contribution in [2.45, 2.75) is 73.8 Å². The second kappa shape index (κ2) is 13.2. The number of methoxy groups -OCH3 is 1. The van der Waals surface area contributed by atoms with Gasteiger partial charge in [-0.05, 0) is 72.2 Å². The van der Waals surface area contributed by atoms with Crippen molar-refractivity contribution in [1.82, 2.24) is 10.3 Å². The fourth-order valence-electron chi connectivity index (χ4n) is 8.39. The van der Waals surface area contributed by atoms with Crippen LogP contribution in [0.4, 0.5) is 5.82 Å². The Balaban J connectivity index is 1.44. The third kappa shape index (κ3) is 5.82. The first-order chi connectivity index (χ1) is 22.8. The van der Waals surface area contributed by atoms with Crippen molar-refractivity contribution in [3.8, 4) is 11.5 Å². The van der Waals surface area contributed by atoms with Crippen LogP contribution >= 0.6 is 21.6 Å². The van der Waals surface area contributed by atoms with Crippen LogP contribution in [0.15, 0.2) is 66.7 Å². The zero-order valence-corrected chi connectivity index (χ0v) is 28.5. The molecule has 3 aliphatic heterocycles. The lowest BCUT2D eigenvalue weighted by Crippen LogP contribution is -3.20. The molecule has 1 fully saturated rings. The number of quaternary nitrogens is 1. The molecule has 0 saturated heterocycles. The highest BCUT2D eigenvalue weighted by Gasteiger charge is 2.60. The third-order valence-corrected chi connectivity index (χ3v) is 14.2. The van der Waals surface area contributed by atoms with Gasteiger partial charge in [-0.3, -0.25) is 14.5 Å². The molecule has 0 spiro atoms. The summed E-state index contributed by atoms with van der Waals surface area (Å²) in [4.78, 5) is 32.2. The number of Topliss-reactive ketones (excluding diaryl/α,β-unsaturated/α-hetero) is 1. The number of rotatable bonds is 3. The molecule has 1 aromatic heterocycles. The average Bonchev–Trinajstić information content (AvgIpc) is 3.73. The molecular weight excluding hydrogens is 629 g/mol. The van der Waals surface area contributed by atoms with Crippen LogP contribution in [-0.2, 0) is 9.59 Å². The van der Waals surface area contributed by atoms with Gasteiger partial charge in [-0.25, -0.2) is 4.98 Å². The maximum Gasteiger partial charge on any atom is 0.163 e. The van der Waals surface area contributed by atoms with E-state index in [0.29, 0.717) is 23.9 Å². The minimum atomic E-state index is -0.276. The van der Waals surface area contributed by atoms with Crippen LogP contribution in [-0.4, -0.2) is 46.2 Å². The largest absolute Gasteiger partial charge is 0.504 e. The van der Waals surface area contributed by atoms with Gasteiger partial charge >= 0.3 is 0 Å². The Hall–Kier alpha value is -3.47. The van der Waals surface area contributed by atoms with Gasteiger partial charge in [0.2, 0.25) is 0 Å². The van der Waals surface area contributed by atoms with E-state index in [1.165, 1.54) is 23.8 Å². The van der Waals surface area contributed by atoms with Crippen molar-refractivity contribution >= 4 is 45.0 Å². The van der Waals surface area contributed by atoms with E-state index < -0.39 is 0 Å². The van der Waals surface area contributed by atoms with Crippen molar-refractivity contribution in [2.75, 3.05) is 19.5 Å². The molecule has 5 aliphatic rings. The van der Waals surface area contributed by atoms with Gasteiger partial charge in [-0.1, -0.05) is 59.2 Å². The van der Waals surface area contributed by atoms with Crippen LogP contribution < -0.4 is 20.7 Å². The Kier molecular flexibility index (Phi) is 9.02. The van der Waals surface area contributed by atoms with Crippen LogP contribution in [0.3, 0.4) is 0 Å². The molecule has 8 nitrogen and oxygen atoms in total. The number of pyridine rings is 1. The first-order valence-electron chi connectivity index (χ1n) is 16.7. The number of aromatic hydroxyl groups is 1. The molecule has 0 radical (unpaired) electrons. The zero-order valence-electron chi connectivity index (χ0n) is 26.9. The lowest BCUT2D eigenvalue weighted by Gasteiger charge is -2.47. The molecule has 0 amide bonds. The monoisotopic (exact) mass is 671 g/mol. The number of phenols is 1. The number of hydrogen-bond acceptors (Lipinski definition) is 9. The number of nitrogens with zero attached hydrogens (tertiary/aromatic N) is 1. The first-order valence-corrected chi connectivity index (χ1v) is 19.0. The van der Waals surface area contributed by atoms with Gasteiger partial charge in [0, 0.05) is 41.7 Å². The number of carbonyl (C=O) groups is 2. The first kappa shape index (κ1) is 32.1. The number of carbonyl (C=O) groups excluding carboxylic acids is 2. The number of hydrogen-bond donors (Lipinski definition) is 4. The number of aromatic nitrogens is 1. The van der Waals surface area contributed by atoms with Crippen molar-refractivity contribution in [1.29, 1.82) is 0 Å². The van der Waals surface area contributed by atoms with E-state index in [1.807, 2.05) is 27.8 Å². The maximum absolute atomic E-state index is 13.0. The van der Waals surface area contributed by atoms with Gasteiger partial charge in [0.05, 0.1) is 25.0 Å². The quantitative estimate of drug-likeness (QED) is 0.187. The SMILES string of the molecule is CCC1CCC(=O)CC(=O)C=Cc2cc(OC)c(O)cc2C2C=CC1SSC(C13CCCC1C=CC1=CNC[NH+]13)c1cc2cnc1N. The van der Waals surface area contributed by atoms with Crippen LogP contribution in [0, 0.1) is 11.8 Å². The molecule has 10 heteroatoms. The topological polar surface area (TPSA) is 119 Å². The summed E-state index contributed by atoms with van der Waals surface area (Å²) in [6.07, 6.45) is 21.8. The molecule has 1 saturated carbocycles. The molecule has 1 aromatic carbocycles. The Morgan fingerprint density at radius 2 is 1.98 bits per heavy atom. The third-order valence-electron chi connectivity index (χ3n) is 10.9. The number of nitrogens with one attached hydrogen (secondary N) is 2. The smallest absolute Gasteiger partial charge is 0.163 e. The molecule has 2 aliphatic carbocycles. The van der Waals surface area contributed by atoms with Gasteiger partial charge < -0.3 is 20.9 Å². The van der Waals surface area contributed by atoms with E-state index in [2.05, 4.69) is 48.8 Å². The highest BCUT2D eigenvalue weighted by Crippen LogP contribution is 2.57. The van der Waals surface area contributed by atoms with Crippen LogP contribution in [0.25, 0.3) is 6.08 Å². The second-order valence-corrected chi connectivity index (χ2v) is 15.9. The number of nitrogen functional groups attached to an aromatic ring is 1. The molecule has 4 heterocycles. The molecule has 47 heavy (non-hydrogen) atoms. The predicted molar refractivity (Wildman–Crippen MR) is 189 cm³/mol. The zero-order chi connectivity index (χ0) is 32.7. The minimum absolute atomic E-state index is 0.0216. The van der Waals surface area contributed by atoms with E-state index in [-0.39, 0.29) is 51.6 Å². The Morgan fingerprint density at radius 1 is 1.11 bits per heavy atom. The molecular formula is C37H43N4O4S2+. The summed E-state index contributed by atoms with van der Waals surface area (Å²) < 4.78 is 5.47. The van der Waals surface area contributed by atoms with Crippen molar-refractivity contribution < 1.29 is 24.3 Å². The van der Waals surface area contributed by atoms with Gasteiger partial charge in [-0.2, -0.15) is 0 Å². The fraction of sp³-hybridized carbons (Fsp3) is 0.432. The van der Waals surface area contributed by atoms with E-state index in [0.717, 1.165) is 61.0 Å². The lowest BCUT2D eigenvalue weighted by atomic mass is 9.76. The number of ether oxygens (including phenoxy) is 1. The number of benzene rings is 1. The number of allylic oxidation sites excluding steroid dienone is 3. The number of nitrogens with two attached hydrogens (primary N) is 1. The molecule has 7 rings (SSSR count). The fourth-order valence-corrected chi connectivity index (χ4v) is 12.4.